The van der Waals surface area contributed by atoms with Gasteiger partial charge in [0.15, 0.2) is 15.0 Å². The van der Waals surface area contributed by atoms with Gasteiger partial charge in [-0.1, -0.05) is 60.2 Å². The molecule has 0 spiro atoms. The molecule has 4 rings (SSSR count). The number of nitrogens with one attached hydrogen (secondary N) is 1. The minimum atomic E-state index is -3.39. The number of aryl methyl sites for hydroxylation is 1. The molecule has 0 saturated heterocycles. The first-order valence-electron chi connectivity index (χ1n) is 9.95. The van der Waals surface area contributed by atoms with Crippen molar-refractivity contribution >= 4 is 43.0 Å². The van der Waals surface area contributed by atoms with E-state index in [2.05, 4.69) is 28.5 Å². The monoisotopic (exact) mass is 450 g/mol. The molecule has 0 atom stereocenters. The predicted molar refractivity (Wildman–Crippen MR) is 126 cm³/mol. The van der Waals surface area contributed by atoms with Crippen LogP contribution in [0.1, 0.15) is 18.4 Å². The fourth-order valence-electron chi connectivity index (χ4n) is 3.37. The minimum absolute atomic E-state index is 0.0669. The van der Waals surface area contributed by atoms with Crippen molar-refractivity contribution < 1.29 is 13.2 Å². The second kappa shape index (κ2) is 8.99. The van der Waals surface area contributed by atoms with Crippen molar-refractivity contribution in [2.24, 2.45) is 0 Å². The molecule has 158 valence electrons. The molecule has 7 heteroatoms. The van der Waals surface area contributed by atoms with Gasteiger partial charge in [-0.25, -0.2) is 13.4 Å². The highest BCUT2D eigenvalue weighted by molar-refractivity contribution is 7.91. The number of aromatic nitrogens is 1. The molecule has 1 aromatic heterocycles. The van der Waals surface area contributed by atoms with Gasteiger partial charge in [0.2, 0.25) is 5.91 Å². The first-order chi connectivity index (χ1) is 14.9. The number of benzene rings is 3. The second-order valence-electron chi connectivity index (χ2n) is 7.35. The Morgan fingerprint density at radius 3 is 2.55 bits per heavy atom. The fourth-order valence-corrected chi connectivity index (χ4v) is 5.41. The van der Waals surface area contributed by atoms with E-state index in [0.717, 1.165) is 27.6 Å². The van der Waals surface area contributed by atoms with Gasteiger partial charge in [-0.2, -0.15) is 0 Å². The fraction of sp³-hybridized carbons (Fsp3) is 0.167. The summed E-state index contributed by atoms with van der Waals surface area (Å²) in [5.74, 6) is -0.305. The summed E-state index contributed by atoms with van der Waals surface area (Å²) in [7, 11) is -3.39. The molecule has 5 nitrogen and oxygen atoms in total. The standard InChI is InChI=1S/C24H22N2O3S2/c1-17-11-13-19(14-12-17)31(28,29)15-5-10-23(27)26-24-25-22(16-30-24)21-9-4-7-18-6-2-3-8-20(18)21/h2-4,6-9,11-14,16H,5,10,15H2,1H3,(H,25,26,27). The molecule has 0 saturated carbocycles. The number of carbonyl (C=O) groups excluding carboxylic acids is 1. The quantitative estimate of drug-likeness (QED) is 0.405. The van der Waals surface area contributed by atoms with E-state index in [-0.39, 0.29) is 29.4 Å². The number of hydrogen-bond acceptors (Lipinski definition) is 5. The highest BCUT2D eigenvalue weighted by atomic mass is 32.2. The Hall–Kier alpha value is -3.03. The summed E-state index contributed by atoms with van der Waals surface area (Å²) < 4.78 is 24.8. The van der Waals surface area contributed by atoms with E-state index < -0.39 is 9.84 Å². The lowest BCUT2D eigenvalue weighted by Crippen LogP contribution is -2.14. The number of fused-ring (bicyclic) bond motifs is 1. The molecular formula is C24H22N2O3S2. The van der Waals surface area contributed by atoms with Crippen LogP contribution in [0.15, 0.2) is 77.0 Å². The summed E-state index contributed by atoms with van der Waals surface area (Å²) in [4.78, 5) is 17.1. The van der Waals surface area contributed by atoms with Crippen LogP contribution in [0.2, 0.25) is 0 Å². The third-order valence-electron chi connectivity index (χ3n) is 5.01. The molecule has 1 heterocycles. The molecule has 1 amide bonds. The van der Waals surface area contributed by atoms with Gasteiger partial charge >= 0.3 is 0 Å². The van der Waals surface area contributed by atoms with Gasteiger partial charge < -0.3 is 5.32 Å². The zero-order chi connectivity index (χ0) is 21.8. The molecule has 0 unspecified atom stereocenters. The van der Waals surface area contributed by atoms with Crippen molar-refractivity contribution in [3.8, 4) is 11.3 Å². The van der Waals surface area contributed by atoms with Crippen LogP contribution in [0.25, 0.3) is 22.0 Å². The second-order valence-corrected chi connectivity index (χ2v) is 10.3. The lowest BCUT2D eigenvalue weighted by molar-refractivity contribution is -0.116. The topological polar surface area (TPSA) is 76.1 Å². The molecular weight excluding hydrogens is 428 g/mol. The van der Waals surface area contributed by atoms with E-state index in [0.29, 0.717) is 5.13 Å². The maximum Gasteiger partial charge on any atom is 0.226 e. The van der Waals surface area contributed by atoms with Crippen LogP contribution in [0.5, 0.6) is 0 Å². The van der Waals surface area contributed by atoms with E-state index in [9.17, 15) is 13.2 Å². The number of amides is 1. The highest BCUT2D eigenvalue weighted by Gasteiger charge is 2.16. The van der Waals surface area contributed by atoms with E-state index in [4.69, 9.17) is 0 Å². The van der Waals surface area contributed by atoms with Gasteiger partial charge in [0, 0.05) is 17.4 Å². The average Bonchev–Trinajstić information content (AvgIpc) is 3.21. The van der Waals surface area contributed by atoms with Gasteiger partial charge in [0.25, 0.3) is 0 Å². The lowest BCUT2D eigenvalue weighted by Gasteiger charge is -2.05. The molecule has 1 N–H and O–H groups in total. The Balaban J connectivity index is 1.37. The molecule has 4 aromatic rings. The van der Waals surface area contributed by atoms with Crippen LogP contribution < -0.4 is 5.32 Å². The maximum atomic E-state index is 12.4. The van der Waals surface area contributed by atoms with Gasteiger partial charge in [0.05, 0.1) is 16.3 Å². The van der Waals surface area contributed by atoms with Gasteiger partial charge in [-0.05, 0) is 36.2 Å². The molecule has 0 aliphatic rings. The number of nitrogens with zero attached hydrogens (tertiary/aromatic N) is 1. The minimum Gasteiger partial charge on any atom is -0.302 e. The summed E-state index contributed by atoms with van der Waals surface area (Å²) in [5, 5.41) is 7.45. The number of anilines is 1. The lowest BCUT2D eigenvalue weighted by atomic mass is 10.0. The maximum absolute atomic E-state index is 12.4. The van der Waals surface area contributed by atoms with Crippen molar-refractivity contribution in [1.82, 2.24) is 4.98 Å². The van der Waals surface area contributed by atoms with Crippen LogP contribution in [0.3, 0.4) is 0 Å². The number of carbonyl (C=O) groups is 1. The third-order valence-corrected chi connectivity index (χ3v) is 7.59. The molecule has 3 aromatic carbocycles. The normalized spacial score (nSPS) is 11.5. The molecule has 0 fully saturated rings. The summed E-state index contributed by atoms with van der Waals surface area (Å²) in [6.07, 6.45) is 0.373. The first-order valence-corrected chi connectivity index (χ1v) is 12.5. The Labute approximate surface area is 185 Å². The van der Waals surface area contributed by atoms with Crippen molar-refractivity contribution in [3.63, 3.8) is 0 Å². The first kappa shape index (κ1) is 21.2. The molecule has 31 heavy (non-hydrogen) atoms. The van der Waals surface area contributed by atoms with Crippen molar-refractivity contribution in [2.45, 2.75) is 24.7 Å². The number of rotatable bonds is 7. The Kier molecular flexibility index (Phi) is 6.15. The van der Waals surface area contributed by atoms with Crippen molar-refractivity contribution in [1.29, 1.82) is 0 Å². The van der Waals surface area contributed by atoms with E-state index in [1.807, 2.05) is 36.6 Å². The number of hydrogen-bond donors (Lipinski definition) is 1. The van der Waals surface area contributed by atoms with E-state index in [1.165, 1.54) is 11.3 Å². The van der Waals surface area contributed by atoms with Crippen molar-refractivity contribution in [3.05, 3.63) is 77.7 Å². The summed E-state index contributed by atoms with van der Waals surface area (Å²) in [5.41, 5.74) is 2.82. The summed E-state index contributed by atoms with van der Waals surface area (Å²) in [6, 6.07) is 20.9. The van der Waals surface area contributed by atoms with E-state index in [1.54, 1.807) is 24.3 Å². The van der Waals surface area contributed by atoms with Crippen LogP contribution in [-0.2, 0) is 14.6 Å². The third kappa shape index (κ3) is 5.00. The van der Waals surface area contributed by atoms with Crippen LogP contribution in [0, 0.1) is 6.92 Å². The Morgan fingerprint density at radius 1 is 1.00 bits per heavy atom. The SMILES string of the molecule is Cc1ccc(S(=O)(=O)CCCC(=O)Nc2nc(-c3cccc4ccccc34)cs2)cc1. The van der Waals surface area contributed by atoms with Crippen molar-refractivity contribution in [2.75, 3.05) is 11.1 Å². The molecule has 0 radical (unpaired) electrons. The number of sulfone groups is 1. The summed E-state index contributed by atoms with van der Waals surface area (Å²) >= 11 is 1.36. The molecule has 0 aliphatic heterocycles. The molecule has 0 bridgehead atoms. The molecule has 0 aliphatic carbocycles. The summed E-state index contributed by atoms with van der Waals surface area (Å²) in [6.45, 7) is 1.91. The van der Waals surface area contributed by atoms with E-state index >= 15 is 0 Å². The highest BCUT2D eigenvalue weighted by Crippen LogP contribution is 2.31. The van der Waals surface area contributed by atoms with Gasteiger partial charge in [-0.15, -0.1) is 11.3 Å². The average molecular weight is 451 g/mol. The largest absolute Gasteiger partial charge is 0.302 e. The van der Waals surface area contributed by atoms with Gasteiger partial charge in [-0.3, -0.25) is 4.79 Å². The zero-order valence-corrected chi connectivity index (χ0v) is 18.7. The predicted octanol–water partition coefficient (Wildman–Crippen LogP) is 5.46. The Bertz CT molecular complexity index is 1320. The van der Waals surface area contributed by atoms with Crippen LogP contribution in [0.4, 0.5) is 5.13 Å². The smallest absolute Gasteiger partial charge is 0.226 e. The Morgan fingerprint density at radius 2 is 1.74 bits per heavy atom. The van der Waals surface area contributed by atoms with Gasteiger partial charge in [0.1, 0.15) is 0 Å². The number of thiazole rings is 1. The van der Waals surface area contributed by atoms with Crippen LogP contribution in [-0.4, -0.2) is 25.1 Å². The van der Waals surface area contributed by atoms with Crippen LogP contribution >= 0.6 is 11.3 Å². The zero-order valence-electron chi connectivity index (χ0n) is 17.0.